The molecule has 0 spiro atoms. The van der Waals surface area contributed by atoms with Crippen LogP contribution in [0.3, 0.4) is 0 Å². The molecule has 0 fully saturated rings. The van der Waals surface area contributed by atoms with E-state index in [-0.39, 0.29) is 5.69 Å². The number of hydrogen-bond acceptors (Lipinski definition) is 5. The Morgan fingerprint density at radius 2 is 2.26 bits per heavy atom. The fourth-order valence-corrected chi connectivity index (χ4v) is 1.91. The SMILES string of the molecule is CCc1nc(C(=O)OC)c(N)n1CCn1ccnc1. The lowest BCUT2D eigenvalue weighted by Crippen LogP contribution is -2.12. The van der Waals surface area contributed by atoms with Gasteiger partial charge in [-0.25, -0.2) is 14.8 Å². The average Bonchev–Trinajstić information content (AvgIpc) is 3.03. The Bertz CT molecular complexity index is 559. The molecule has 2 rings (SSSR count). The van der Waals surface area contributed by atoms with E-state index in [2.05, 4.69) is 14.7 Å². The van der Waals surface area contributed by atoms with Crippen molar-refractivity contribution >= 4 is 11.8 Å². The number of carbonyl (C=O) groups is 1. The lowest BCUT2D eigenvalue weighted by Gasteiger charge is -2.09. The summed E-state index contributed by atoms with van der Waals surface area (Å²) in [5.41, 5.74) is 6.16. The number of carbonyl (C=O) groups excluding carboxylic acids is 1. The molecule has 2 aromatic heterocycles. The van der Waals surface area contributed by atoms with Gasteiger partial charge in [0, 0.05) is 31.9 Å². The number of anilines is 1. The molecule has 0 saturated carbocycles. The maximum Gasteiger partial charge on any atom is 0.360 e. The maximum atomic E-state index is 11.6. The first-order valence-electron chi connectivity index (χ1n) is 6.06. The summed E-state index contributed by atoms with van der Waals surface area (Å²) in [5, 5.41) is 0. The predicted molar refractivity (Wildman–Crippen MR) is 69.6 cm³/mol. The van der Waals surface area contributed by atoms with Crippen LogP contribution in [0, 0.1) is 0 Å². The van der Waals surface area contributed by atoms with Crippen LogP contribution in [0.1, 0.15) is 23.2 Å². The molecular formula is C12H17N5O2. The highest BCUT2D eigenvalue weighted by Crippen LogP contribution is 2.16. The van der Waals surface area contributed by atoms with Crippen molar-refractivity contribution in [3.63, 3.8) is 0 Å². The number of nitrogens with two attached hydrogens (primary N) is 1. The van der Waals surface area contributed by atoms with Gasteiger partial charge in [0.05, 0.1) is 13.4 Å². The van der Waals surface area contributed by atoms with Gasteiger partial charge >= 0.3 is 5.97 Å². The fourth-order valence-electron chi connectivity index (χ4n) is 1.91. The second-order valence-corrected chi connectivity index (χ2v) is 4.06. The average molecular weight is 263 g/mol. The number of ether oxygens (including phenoxy) is 1. The number of nitrogens with zero attached hydrogens (tertiary/aromatic N) is 4. The van der Waals surface area contributed by atoms with Gasteiger partial charge in [-0.15, -0.1) is 0 Å². The van der Waals surface area contributed by atoms with Gasteiger partial charge < -0.3 is 19.6 Å². The van der Waals surface area contributed by atoms with Crippen LogP contribution in [-0.2, 0) is 24.2 Å². The van der Waals surface area contributed by atoms with Crippen LogP contribution in [0.5, 0.6) is 0 Å². The van der Waals surface area contributed by atoms with Gasteiger partial charge in [-0.1, -0.05) is 6.92 Å². The maximum absolute atomic E-state index is 11.6. The number of aromatic nitrogens is 4. The van der Waals surface area contributed by atoms with Crippen molar-refractivity contribution in [1.82, 2.24) is 19.1 Å². The highest BCUT2D eigenvalue weighted by atomic mass is 16.5. The first-order chi connectivity index (χ1) is 9.17. The number of esters is 1. The van der Waals surface area contributed by atoms with Crippen LogP contribution in [-0.4, -0.2) is 32.2 Å². The molecule has 0 aromatic carbocycles. The molecule has 0 saturated heterocycles. The van der Waals surface area contributed by atoms with Crippen molar-refractivity contribution < 1.29 is 9.53 Å². The normalized spacial score (nSPS) is 10.6. The molecule has 102 valence electrons. The molecule has 7 nitrogen and oxygen atoms in total. The molecule has 2 N–H and O–H groups in total. The van der Waals surface area contributed by atoms with Gasteiger partial charge in [-0.2, -0.15) is 0 Å². The Balaban J connectivity index is 2.23. The first-order valence-corrected chi connectivity index (χ1v) is 6.06. The molecule has 7 heteroatoms. The number of rotatable bonds is 5. The largest absolute Gasteiger partial charge is 0.464 e. The van der Waals surface area contributed by atoms with Crippen molar-refractivity contribution in [1.29, 1.82) is 0 Å². The van der Waals surface area contributed by atoms with E-state index in [9.17, 15) is 4.79 Å². The summed E-state index contributed by atoms with van der Waals surface area (Å²) in [5.74, 6) is 0.621. The lowest BCUT2D eigenvalue weighted by molar-refractivity contribution is 0.0595. The van der Waals surface area contributed by atoms with Crippen LogP contribution in [0.2, 0.25) is 0 Å². The zero-order chi connectivity index (χ0) is 13.8. The monoisotopic (exact) mass is 263 g/mol. The van der Waals surface area contributed by atoms with Crippen molar-refractivity contribution in [2.24, 2.45) is 0 Å². The van der Waals surface area contributed by atoms with Crippen molar-refractivity contribution in [3.05, 3.63) is 30.2 Å². The van der Waals surface area contributed by atoms with Crippen LogP contribution < -0.4 is 5.73 Å². The molecule has 0 atom stereocenters. The molecule has 0 aliphatic rings. The second-order valence-electron chi connectivity index (χ2n) is 4.06. The molecular weight excluding hydrogens is 246 g/mol. The van der Waals surface area contributed by atoms with E-state index < -0.39 is 5.97 Å². The van der Waals surface area contributed by atoms with E-state index in [1.54, 1.807) is 12.5 Å². The van der Waals surface area contributed by atoms with E-state index >= 15 is 0 Å². The Morgan fingerprint density at radius 1 is 1.47 bits per heavy atom. The smallest absolute Gasteiger partial charge is 0.360 e. The Morgan fingerprint density at radius 3 is 2.84 bits per heavy atom. The summed E-state index contributed by atoms with van der Waals surface area (Å²) in [6.45, 7) is 3.32. The zero-order valence-electron chi connectivity index (χ0n) is 11.0. The van der Waals surface area contributed by atoms with E-state index in [4.69, 9.17) is 5.73 Å². The summed E-state index contributed by atoms with van der Waals surface area (Å²) < 4.78 is 8.45. The Kier molecular flexibility index (Phi) is 3.84. The van der Waals surface area contributed by atoms with Crippen molar-refractivity contribution in [2.75, 3.05) is 12.8 Å². The lowest BCUT2D eigenvalue weighted by atomic mass is 10.4. The highest BCUT2D eigenvalue weighted by Gasteiger charge is 2.19. The van der Waals surface area contributed by atoms with Crippen LogP contribution in [0.25, 0.3) is 0 Å². The Labute approximate surface area is 111 Å². The van der Waals surface area contributed by atoms with E-state index in [0.29, 0.717) is 25.3 Å². The summed E-state index contributed by atoms with van der Waals surface area (Å²) in [7, 11) is 1.32. The number of nitrogen functional groups attached to an aromatic ring is 1. The molecule has 0 aliphatic heterocycles. The van der Waals surface area contributed by atoms with Gasteiger partial charge in [-0.3, -0.25) is 0 Å². The fraction of sp³-hybridized carbons (Fsp3) is 0.417. The standard InChI is InChI=1S/C12H17N5O2/c1-3-9-15-10(12(18)19-2)11(13)17(9)7-6-16-5-4-14-8-16/h4-5,8H,3,6-7,13H2,1-2H3. The minimum Gasteiger partial charge on any atom is -0.464 e. The molecule has 0 radical (unpaired) electrons. The molecule has 0 bridgehead atoms. The molecule has 2 heterocycles. The van der Waals surface area contributed by atoms with Gasteiger partial charge in [0.1, 0.15) is 11.6 Å². The zero-order valence-corrected chi connectivity index (χ0v) is 11.0. The van der Waals surface area contributed by atoms with Crippen LogP contribution in [0.4, 0.5) is 5.82 Å². The van der Waals surface area contributed by atoms with E-state index in [0.717, 1.165) is 5.82 Å². The van der Waals surface area contributed by atoms with Gasteiger partial charge in [0.25, 0.3) is 0 Å². The molecule has 0 unspecified atom stereocenters. The summed E-state index contributed by atoms with van der Waals surface area (Å²) in [6.07, 6.45) is 6.03. The third-order valence-corrected chi connectivity index (χ3v) is 2.92. The number of imidazole rings is 2. The summed E-state index contributed by atoms with van der Waals surface area (Å²) in [4.78, 5) is 19.8. The predicted octanol–water partition coefficient (Wildman–Crippen LogP) is 0.711. The molecule has 2 aromatic rings. The first kappa shape index (κ1) is 13.1. The third-order valence-electron chi connectivity index (χ3n) is 2.92. The topological polar surface area (TPSA) is 88.0 Å². The quantitative estimate of drug-likeness (QED) is 0.803. The summed E-state index contributed by atoms with van der Waals surface area (Å²) in [6, 6.07) is 0. The summed E-state index contributed by atoms with van der Waals surface area (Å²) >= 11 is 0. The highest BCUT2D eigenvalue weighted by molar-refractivity contribution is 5.92. The third kappa shape index (κ3) is 2.59. The van der Waals surface area contributed by atoms with Crippen LogP contribution >= 0.6 is 0 Å². The van der Waals surface area contributed by atoms with Crippen molar-refractivity contribution in [2.45, 2.75) is 26.4 Å². The number of methoxy groups -OCH3 is 1. The minimum absolute atomic E-state index is 0.185. The van der Waals surface area contributed by atoms with Gasteiger partial charge in [-0.05, 0) is 0 Å². The van der Waals surface area contributed by atoms with Crippen molar-refractivity contribution in [3.8, 4) is 0 Å². The molecule has 0 amide bonds. The number of hydrogen-bond donors (Lipinski definition) is 1. The van der Waals surface area contributed by atoms with Gasteiger partial charge in [0.15, 0.2) is 5.69 Å². The Hall–Kier alpha value is -2.31. The molecule has 19 heavy (non-hydrogen) atoms. The second kappa shape index (κ2) is 5.55. The van der Waals surface area contributed by atoms with E-state index in [1.807, 2.05) is 22.3 Å². The minimum atomic E-state index is -0.506. The number of aryl methyl sites for hydroxylation is 2. The van der Waals surface area contributed by atoms with Gasteiger partial charge in [0.2, 0.25) is 0 Å². The molecule has 0 aliphatic carbocycles. The van der Waals surface area contributed by atoms with Crippen LogP contribution in [0.15, 0.2) is 18.7 Å². The van der Waals surface area contributed by atoms with E-state index in [1.165, 1.54) is 7.11 Å².